The average molecular weight is 245 g/mol. The summed E-state index contributed by atoms with van der Waals surface area (Å²) in [4.78, 5) is 22.0. The van der Waals surface area contributed by atoms with Gasteiger partial charge < -0.3 is 24.6 Å². The Kier molecular flexibility index (Phi) is 5.28. The second kappa shape index (κ2) is 6.74. The van der Waals surface area contributed by atoms with Gasteiger partial charge in [-0.1, -0.05) is 0 Å². The molecule has 0 spiro atoms. The first-order chi connectivity index (χ1) is 8.13. The number of rotatable bonds is 6. The van der Waals surface area contributed by atoms with Crippen LogP contribution in [-0.2, 0) is 23.8 Å². The summed E-state index contributed by atoms with van der Waals surface area (Å²) in [6.07, 6.45) is 0.493. The molecule has 1 aliphatic rings. The average Bonchev–Trinajstić information content (AvgIpc) is 2.34. The Bertz CT molecular complexity index is 314. The van der Waals surface area contributed by atoms with Crippen LogP contribution < -0.4 is 5.32 Å². The number of hydrogen-bond acceptors (Lipinski definition) is 5. The monoisotopic (exact) mass is 245 g/mol. The van der Waals surface area contributed by atoms with Crippen LogP contribution in [0.25, 0.3) is 0 Å². The van der Waals surface area contributed by atoms with Crippen LogP contribution in [0.3, 0.4) is 0 Å². The lowest BCUT2D eigenvalue weighted by Crippen LogP contribution is -2.36. The molecule has 1 rings (SSSR count). The first-order valence-electron chi connectivity index (χ1n) is 5.11. The summed E-state index contributed by atoms with van der Waals surface area (Å²) >= 11 is 0. The smallest absolute Gasteiger partial charge is 0.306 e. The number of aliphatic carboxylic acids is 1. The Morgan fingerprint density at radius 1 is 1.59 bits per heavy atom. The summed E-state index contributed by atoms with van der Waals surface area (Å²) in [5.74, 6) is -1.35. The molecule has 7 nitrogen and oxygen atoms in total. The zero-order valence-corrected chi connectivity index (χ0v) is 9.47. The zero-order valence-electron chi connectivity index (χ0n) is 9.47. The lowest BCUT2D eigenvalue weighted by Gasteiger charge is -2.17. The zero-order chi connectivity index (χ0) is 12.7. The number of ether oxygens (including phenoxy) is 3. The van der Waals surface area contributed by atoms with Gasteiger partial charge in [-0.2, -0.15) is 0 Å². The Hall–Kier alpha value is -1.76. The van der Waals surface area contributed by atoms with Gasteiger partial charge >= 0.3 is 5.97 Å². The van der Waals surface area contributed by atoms with Gasteiger partial charge in [-0.25, -0.2) is 0 Å². The van der Waals surface area contributed by atoms with E-state index in [0.717, 1.165) is 0 Å². The van der Waals surface area contributed by atoms with Crippen molar-refractivity contribution in [3.8, 4) is 0 Å². The molecule has 0 aromatic rings. The van der Waals surface area contributed by atoms with Crippen LogP contribution in [0.15, 0.2) is 12.0 Å². The highest BCUT2D eigenvalue weighted by Crippen LogP contribution is 2.04. The molecular weight excluding hydrogens is 230 g/mol. The van der Waals surface area contributed by atoms with Gasteiger partial charge in [-0.15, -0.1) is 0 Å². The first-order valence-corrected chi connectivity index (χ1v) is 5.11. The van der Waals surface area contributed by atoms with E-state index in [1.54, 1.807) is 0 Å². The van der Waals surface area contributed by atoms with E-state index in [9.17, 15) is 9.59 Å². The second-order valence-electron chi connectivity index (χ2n) is 3.37. The summed E-state index contributed by atoms with van der Waals surface area (Å²) in [5, 5.41) is 11.1. The van der Waals surface area contributed by atoms with Gasteiger partial charge in [0.1, 0.15) is 19.5 Å². The third-order valence-corrected chi connectivity index (χ3v) is 2.10. The number of carboxylic acids is 1. The van der Waals surface area contributed by atoms with E-state index >= 15 is 0 Å². The molecule has 0 fully saturated rings. The minimum absolute atomic E-state index is 0.0847. The third-order valence-electron chi connectivity index (χ3n) is 2.10. The summed E-state index contributed by atoms with van der Waals surface area (Å²) in [7, 11) is 1.39. The molecule has 0 saturated carbocycles. The normalized spacial score (nSPS) is 16.2. The predicted molar refractivity (Wildman–Crippen MR) is 56.0 cm³/mol. The molecule has 0 bridgehead atoms. The predicted octanol–water partition coefficient (Wildman–Crippen LogP) is -0.519. The molecular formula is C10H15NO6. The van der Waals surface area contributed by atoms with Gasteiger partial charge in [0.15, 0.2) is 0 Å². The third kappa shape index (κ3) is 4.73. The van der Waals surface area contributed by atoms with Gasteiger partial charge in [-0.05, 0) is 0 Å². The van der Waals surface area contributed by atoms with Crippen molar-refractivity contribution in [2.24, 2.45) is 0 Å². The summed E-state index contributed by atoms with van der Waals surface area (Å²) in [6, 6.07) is 0. The van der Waals surface area contributed by atoms with Crippen LogP contribution in [0.5, 0.6) is 0 Å². The SMILES string of the molecule is COC(CNC(=O)C1=COCCO1)CC(=O)O. The highest BCUT2D eigenvalue weighted by Gasteiger charge is 2.18. The van der Waals surface area contributed by atoms with Crippen molar-refractivity contribution in [2.45, 2.75) is 12.5 Å². The van der Waals surface area contributed by atoms with E-state index in [1.165, 1.54) is 13.4 Å². The molecule has 1 amide bonds. The molecule has 17 heavy (non-hydrogen) atoms. The number of methoxy groups -OCH3 is 1. The van der Waals surface area contributed by atoms with Crippen LogP contribution in [-0.4, -0.2) is 50.0 Å². The number of carbonyl (C=O) groups excluding carboxylic acids is 1. The molecule has 96 valence electrons. The van der Waals surface area contributed by atoms with E-state index in [2.05, 4.69) is 5.32 Å². The number of carboxylic acid groups (broad SMARTS) is 1. The van der Waals surface area contributed by atoms with Crippen molar-refractivity contribution >= 4 is 11.9 Å². The number of carbonyl (C=O) groups is 2. The fourth-order valence-electron chi connectivity index (χ4n) is 1.21. The van der Waals surface area contributed by atoms with Crippen LogP contribution in [0.4, 0.5) is 0 Å². The Balaban J connectivity index is 2.35. The summed E-state index contributed by atoms with van der Waals surface area (Å²) in [6.45, 7) is 0.834. The van der Waals surface area contributed by atoms with Crippen molar-refractivity contribution in [3.63, 3.8) is 0 Å². The van der Waals surface area contributed by atoms with E-state index in [-0.39, 0.29) is 18.7 Å². The van der Waals surface area contributed by atoms with Crippen molar-refractivity contribution in [1.82, 2.24) is 5.32 Å². The quantitative estimate of drug-likeness (QED) is 0.654. The maximum absolute atomic E-state index is 11.5. The Morgan fingerprint density at radius 2 is 2.35 bits per heavy atom. The minimum Gasteiger partial charge on any atom is -0.494 e. The summed E-state index contributed by atoms with van der Waals surface area (Å²) < 4.78 is 14.9. The van der Waals surface area contributed by atoms with Crippen LogP contribution >= 0.6 is 0 Å². The van der Waals surface area contributed by atoms with Crippen molar-refractivity contribution < 1.29 is 28.9 Å². The fraction of sp³-hybridized carbons (Fsp3) is 0.600. The molecule has 0 aromatic carbocycles. The lowest BCUT2D eigenvalue weighted by molar-refractivity contribution is -0.140. The lowest BCUT2D eigenvalue weighted by atomic mass is 10.2. The Labute approximate surface area is 98.3 Å². The van der Waals surface area contributed by atoms with Crippen LogP contribution in [0.1, 0.15) is 6.42 Å². The first kappa shape index (κ1) is 13.3. The largest absolute Gasteiger partial charge is 0.494 e. The molecule has 0 saturated heterocycles. The number of hydrogen-bond donors (Lipinski definition) is 2. The van der Waals surface area contributed by atoms with E-state index in [4.69, 9.17) is 19.3 Å². The van der Waals surface area contributed by atoms with Crippen molar-refractivity contribution in [3.05, 3.63) is 12.0 Å². The number of nitrogens with one attached hydrogen (secondary N) is 1. The highest BCUT2D eigenvalue weighted by atomic mass is 16.6. The van der Waals surface area contributed by atoms with Crippen molar-refractivity contribution in [1.29, 1.82) is 0 Å². The molecule has 1 atom stereocenters. The highest BCUT2D eigenvalue weighted by molar-refractivity contribution is 5.91. The van der Waals surface area contributed by atoms with Crippen LogP contribution in [0.2, 0.25) is 0 Å². The maximum atomic E-state index is 11.5. The molecule has 2 N–H and O–H groups in total. The van der Waals surface area contributed by atoms with Gasteiger partial charge in [0.25, 0.3) is 5.91 Å². The molecule has 1 heterocycles. The van der Waals surface area contributed by atoms with Crippen LogP contribution in [0, 0.1) is 0 Å². The molecule has 0 aromatic heterocycles. The Morgan fingerprint density at radius 3 is 2.88 bits per heavy atom. The standard InChI is InChI=1S/C10H15NO6/c1-15-7(4-9(12)13)5-11-10(14)8-6-16-2-3-17-8/h6-7H,2-5H2,1H3,(H,11,14)(H,12,13). The molecule has 1 unspecified atom stereocenters. The topological polar surface area (TPSA) is 94.1 Å². The minimum atomic E-state index is -0.984. The van der Waals surface area contributed by atoms with E-state index < -0.39 is 18.0 Å². The second-order valence-corrected chi connectivity index (χ2v) is 3.37. The number of amides is 1. The van der Waals surface area contributed by atoms with E-state index in [1.807, 2.05) is 0 Å². The fourth-order valence-corrected chi connectivity index (χ4v) is 1.21. The van der Waals surface area contributed by atoms with Gasteiger partial charge in [0.2, 0.25) is 5.76 Å². The van der Waals surface area contributed by atoms with Gasteiger partial charge in [0, 0.05) is 13.7 Å². The molecule has 7 heteroatoms. The van der Waals surface area contributed by atoms with Crippen molar-refractivity contribution in [2.75, 3.05) is 26.9 Å². The summed E-state index contributed by atoms with van der Waals surface area (Å²) in [5.41, 5.74) is 0. The molecule has 1 aliphatic heterocycles. The van der Waals surface area contributed by atoms with E-state index in [0.29, 0.717) is 13.2 Å². The maximum Gasteiger partial charge on any atom is 0.306 e. The molecule has 0 aliphatic carbocycles. The molecule has 0 radical (unpaired) electrons. The van der Waals surface area contributed by atoms with Gasteiger partial charge in [-0.3, -0.25) is 9.59 Å². The van der Waals surface area contributed by atoms with Gasteiger partial charge in [0.05, 0.1) is 12.5 Å².